The van der Waals surface area contributed by atoms with Gasteiger partial charge in [-0.2, -0.15) is 0 Å². The summed E-state index contributed by atoms with van der Waals surface area (Å²) in [7, 11) is 0. The summed E-state index contributed by atoms with van der Waals surface area (Å²) < 4.78 is 17.5. The molecule has 1 saturated carbocycles. The third-order valence-electron chi connectivity index (χ3n) is 5.73. The summed E-state index contributed by atoms with van der Waals surface area (Å²) in [4.78, 5) is 17.1. The fraction of sp³-hybridized carbons (Fsp3) is 0.941. The summed E-state index contributed by atoms with van der Waals surface area (Å²) in [5, 5.41) is 7.83. The molecule has 0 radical (unpaired) electrons. The van der Waals surface area contributed by atoms with Crippen LogP contribution in [0.3, 0.4) is 0 Å². The Bertz CT molecular complexity index is 619. The molecule has 2 rings (SSSR count). The zero-order valence-electron chi connectivity index (χ0n) is 16.3. The van der Waals surface area contributed by atoms with Gasteiger partial charge in [0.05, 0.1) is 12.2 Å². The van der Waals surface area contributed by atoms with Gasteiger partial charge >= 0.3 is 5.97 Å². The van der Waals surface area contributed by atoms with Crippen LogP contribution in [0.1, 0.15) is 47.0 Å². The second kappa shape index (κ2) is 9.80. The Hall–Kier alpha value is -1.99. The lowest BCUT2D eigenvalue weighted by Gasteiger charge is -2.45. The van der Waals surface area contributed by atoms with Crippen molar-refractivity contribution in [2.75, 3.05) is 6.61 Å². The third kappa shape index (κ3) is 5.26. The highest BCUT2D eigenvalue weighted by molar-refractivity contribution is 5.65. The van der Waals surface area contributed by atoms with Crippen molar-refractivity contribution in [3.05, 3.63) is 20.9 Å². The van der Waals surface area contributed by atoms with Crippen molar-refractivity contribution in [3.63, 3.8) is 0 Å². The Labute approximate surface area is 158 Å². The molecule has 1 saturated heterocycles. The third-order valence-corrected chi connectivity index (χ3v) is 5.73. The van der Waals surface area contributed by atoms with Crippen LogP contribution in [0, 0.1) is 17.8 Å². The van der Waals surface area contributed by atoms with Crippen molar-refractivity contribution >= 4 is 5.97 Å². The van der Waals surface area contributed by atoms with E-state index in [2.05, 4.69) is 20.1 Å². The molecule has 0 aromatic rings. The van der Waals surface area contributed by atoms with Gasteiger partial charge in [-0.05, 0) is 35.7 Å². The van der Waals surface area contributed by atoms with Crippen LogP contribution < -0.4 is 0 Å². The molecule has 8 atom stereocenters. The highest BCUT2D eigenvalue weighted by atomic mass is 16.7. The quantitative estimate of drug-likeness (QED) is 0.295. The van der Waals surface area contributed by atoms with Crippen LogP contribution in [0.25, 0.3) is 20.9 Å². The molecule has 2 fully saturated rings. The molecule has 2 aliphatic rings. The average molecular weight is 380 g/mol. The first kappa shape index (κ1) is 21.3. The summed E-state index contributed by atoms with van der Waals surface area (Å²) in [5.41, 5.74) is 17.7. The normalized spacial score (nSPS) is 39.0. The second-order valence-corrected chi connectivity index (χ2v) is 7.50. The molecule has 0 aromatic heterocycles. The molecule has 10 heteroatoms. The number of hydrogen-bond acceptors (Lipinski definition) is 6. The number of ether oxygens (including phenoxy) is 3. The van der Waals surface area contributed by atoms with Gasteiger partial charge in [-0.25, -0.2) is 0 Å². The highest BCUT2D eigenvalue weighted by Gasteiger charge is 2.44. The Balaban J connectivity index is 2.13. The van der Waals surface area contributed by atoms with E-state index in [-0.39, 0.29) is 48.5 Å². The van der Waals surface area contributed by atoms with Crippen LogP contribution >= 0.6 is 0 Å². The number of nitrogens with zero attached hydrogens (tertiary/aromatic N) is 6. The van der Waals surface area contributed by atoms with Gasteiger partial charge in [0.15, 0.2) is 6.29 Å². The first-order chi connectivity index (χ1) is 12.9. The molecule has 27 heavy (non-hydrogen) atoms. The molecule has 10 nitrogen and oxygen atoms in total. The first-order valence-electron chi connectivity index (χ1n) is 9.41. The summed E-state index contributed by atoms with van der Waals surface area (Å²) in [6.07, 6.45) is 1.48. The maximum absolute atomic E-state index is 11.2. The van der Waals surface area contributed by atoms with Gasteiger partial charge in [0, 0.05) is 34.7 Å². The highest BCUT2D eigenvalue weighted by Crippen LogP contribution is 2.37. The van der Waals surface area contributed by atoms with Gasteiger partial charge in [-0.1, -0.05) is 37.4 Å². The van der Waals surface area contributed by atoms with Gasteiger partial charge in [-0.15, -0.1) is 0 Å². The maximum Gasteiger partial charge on any atom is 0.302 e. The van der Waals surface area contributed by atoms with Crippen LogP contribution in [0.5, 0.6) is 0 Å². The minimum absolute atomic E-state index is 0.0645. The lowest BCUT2D eigenvalue weighted by molar-refractivity contribution is -0.269. The smallest absolute Gasteiger partial charge is 0.302 e. The average Bonchev–Trinajstić information content (AvgIpc) is 2.63. The number of carbonyl (C=O) groups is 1. The largest absolute Gasteiger partial charge is 0.463 e. The lowest BCUT2D eigenvalue weighted by Crippen LogP contribution is -2.52. The predicted octanol–water partition coefficient (Wildman–Crippen LogP) is 4.11. The fourth-order valence-electron chi connectivity index (χ4n) is 3.99. The molecule has 0 spiro atoms. The van der Waals surface area contributed by atoms with Gasteiger partial charge in [0.25, 0.3) is 0 Å². The number of rotatable bonds is 6. The van der Waals surface area contributed by atoms with E-state index in [0.717, 1.165) is 19.3 Å². The number of hydrogen-bond donors (Lipinski definition) is 0. The Morgan fingerprint density at radius 2 is 1.81 bits per heavy atom. The zero-order valence-corrected chi connectivity index (χ0v) is 16.3. The van der Waals surface area contributed by atoms with Crippen molar-refractivity contribution < 1.29 is 19.0 Å². The summed E-state index contributed by atoms with van der Waals surface area (Å²) in [6.45, 7) is 7.29. The van der Waals surface area contributed by atoms with Crippen LogP contribution in [-0.4, -0.2) is 43.2 Å². The van der Waals surface area contributed by atoms with E-state index in [1.807, 2.05) is 20.8 Å². The molecule has 1 heterocycles. The first-order valence-corrected chi connectivity index (χ1v) is 9.41. The molecule has 1 aliphatic carbocycles. The van der Waals surface area contributed by atoms with E-state index in [4.69, 9.17) is 25.3 Å². The molecule has 4 unspecified atom stereocenters. The van der Waals surface area contributed by atoms with Crippen molar-refractivity contribution in [2.24, 2.45) is 28.0 Å². The molecule has 0 N–H and O–H groups in total. The predicted molar refractivity (Wildman–Crippen MR) is 97.4 cm³/mol. The molecular formula is C17H28N6O4. The molecule has 0 bridgehead atoms. The van der Waals surface area contributed by atoms with Gasteiger partial charge < -0.3 is 14.2 Å². The maximum atomic E-state index is 11.2. The summed E-state index contributed by atoms with van der Waals surface area (Å²) >= 11 is 0. The monoisotopic (exact) mass is 380 g/mol. The topological polar surface area (TPSA) is 142 Å². The minimum Gasteiger partial charge on any atom is -0.463 e. The Kier molecular flexibility index (Phi) is 7.74. The van der Waals surface area contributed by atoms with Crippen LogP contribution in [0.4, 0.5) is 0 Å². The van der Waals surface area contributed by atoms with Crippen molar-refractivity contribution in [3.8, 4) is 0 Å². The lowest BCUT2D eigenvalue weighted by atomic mass is 9.82. The van der Waals surface area contributed by atoms with E-state index in [0.29, 0.717) is 0 Å². The molecular weight excluding hydrogens is 352 g/mol. The SMILES string of the molecule is CC(=O)OCC1O[C@@H](O[C@@H]2CCCC(N=[N+]=[N-])C2C)C(C)[C@@H](N=[N+]=[N-])[C@H]1C. The minimum atomic E-state index is -0.588. The summed E-state index contributed by atoms with van der Waals surface area (Å²) in [6, 6.07) is -0.433. The Morgan fingerprint density at radius 1 is 1.11 bits per heavy atom. The van der Waals surface area contributed by atoms with Crippen molar-refractivity contribution in [1.82, 2.24) is 0 Å². The van der Waals surface area contributed by atoms with Crippen LogP contribution in [0.2, 0.25) is 0 Å². The van der Waals surface area contributed by atoms with Crippen LogP contribution in [-0.2, 0) is 19.0 Å². The van der Waals surface area contributed by atoms with E-state index in [1.54, 1.807) is 0 Å². The van der Waals surface area contributed by atoms with E-state index in [1.165, 1.54) is 6.92 Å². The summed E-state index contributed by atoms with van der Waals surface area (Å²) in [5.74, 6) is -0.596. The number of esters is 1. The van der Waals surface area contributed by atoms with Gasteiger partial charge in [0.1, 0.15) is 6.61 Å². The molecule has 150 valence electrons. The van der Waals surface area contributed by atoms with Crippen molar-refractivity contribution in [2.45, 2.75) is 77.5 Å². The molecule has 0 amide bonds. The van der Waals surface area contributed by atoms with E-state index in [9.17, 15) is 4.79 Å². The fourth-order valence-corrected chi connectivity index (χ4v) is 3.99. The van der Waals surface area contributed by atoms with Gasteiger partial charge in [-0.3, -0.25) is 4.79 Å². The van der Waals surface area contributed by atoms with E-state index < -0.39 is 12.4 Å². The van der Waals surface area contributed by atoms with Gasteiger partial charge in [0.2, 0.25) is 0 Å². The molecule has 1 aliphatic heterocycles. The number of azide groups is 2. The Morgan fingerprint density at radius 3 is 2.44 bits per heavy atom. The standard InChI is InChI=1S/C17H28N6O4/c1-9-13(20-22-18)6-5-7-14(9)26-17-11(3)16(21-23-19)10(2)15(27-17)8-25-12(4)24/h9-11,13-17H,5-8H2,1-4H3/t9?,10-,11?,13?,14+,15?,16-,17+/m0/s1. The zero-order chi connectivity index (χ0) is 20.0. The number of carbonyl (C=O) groups excluding carboxylic acids is 1. The van der Waals surface area contributed by atoms with Crippen molar-refractivity contribution in [1.29, 1.82) is 0 Å². The second-order valence-electron chi connectivity index (χ2n) is 7.50. The molecule has 0 aromatic carbocycles. The van der Waals surface area contributed by atoms with E-state index >= 15 is 0 Å². The van der Waals surface area contributed by atoms with Crippen LogP contribution in [0.15, 0.2) is 10.2 Å².